The third kappa shape index (κ3) is 6.49. The number of rotatable bonds is 9. The normalized spacial score (nSPS) is 19.6. The van der Waals surface area contributed by atoms with E-state index in [4.69, 9.17) is 0 Å². The summed E-state index contributed by atoms with van der Waals surface area (Å²) in [6.45, 7) is 4.95. The highest BCUT2D eigenvalue weighted by molar-refractivity contribution is 7.09. The minimum atomic E-state index is -0.324. The first-order valence-corrected chi connectivity index (χ1v) is 10.5. The summed E-state index contributed by atoms with van der Waals surface area (Å²) in [6.07, 6.45) is 6.63. The molecule has 3 nitrogen and oxygen atoms in total. The molecule has 138 valence electrons. The SMILES string of the molecule is CCC#CC[C@@H](C)[C@H](O)CC[C@H]1CCC(=O)N1CCCc1cccs1. The summed E-state index contributed by atoms with van der Waals surface area (Å²) in [5, 5.41) is 12.5. The minimum absolute atomic E-state index is 0.198. The second-order valence-corrected chi connectivity index (χ2v) is 8.03. The molecule has 4 heteroatoms. The lowest BCUT2D eigenvalue weighted by molar-refractivity contribution is -0.129. The number of carbonyl (C=O) groups is 1. The van der Waals surface area contributed by atoms with Gasteiger partial charge in [0.15, 0.2) is 0 Å². The van der Waals surface area contributed by atoms with Crippen molar-refractivity contribution in [3.63, 3.8) is 0 Å². The molecule has 2 heterocycles. The van der Waals surface area contributed by atoms with Gasteiger partial charge in [-0.25, -0.2) is 0 Å². The van der Waals surface area contributed by atoms with Crippen LogP contribution in [0.4, 0.5) is 0 Å². The van der Waals surface area contributed by atoms with Crippen molar-refractivity contribution in [2.24, 2.45) is 5.92 Å². The number of likely N-dealkylation sites (tertiary alicyclic amines) is 1. The Bertz CT molecular complexity index is 572. The predicted molar refractivity (Wildman–Crippen MR) is 104 cm³/mol. The zero-order valence-electron chi connectivity index (χ0n) is 15.5. The minimum Gasteiger partial charge on any atom is -0.393 e. The zero-order valence-corrected chi connectivity index (χ0v) is 16.4. The molecule has 2 rings (SSSR count). The Hall–Kier alpha value is -1.31. The van der Waals surface area contributed by atoms with E-state index in [2.05, 4.69) is 41.2 Å². The van der Waals surface area contributed by atoms with Crippen LogP contribution >= 0.6 is 11.3 Å². The summed E-state index contributed by atoms with van der Waals surface area (Å²) in [4.78, 5) is 15.6. The molecule has 3 atom stereocenters. The molecule has 1 fully saturated rings. The van der Waals surface area contributed by atoms with E-state index in [-0.39, 0.29) is 17.9 Å². The highest BCUT2D eigenvalue weighted by Crippen LogP contribution is 2.25. The Kier molecular flexibility index (Phi) is 8.51. The topological polar surface area (TPSA) is 40.5 Å². The third-order valence-corrected chi connectivity index (χ3v) is 5.97. The van der Waals surface area contributed by atoms with Crippen LogP contribution in [0.5, 0.6) is 0 Å². The maximum atomic E-state index is 12.2. The van der Waals surface area contributed by atoms with Gasteiger partial charge in [-0.05, 0) is 49.5 Å². The molecule has 1 amide bonds. The molecule has 0 unspecified atom stereocenters. The van der Waals surface area contributed by atoms with Crippen molar-refractivity contribution >= 4 is 17.2 Å². The van der Waals surface area contributed by atoms with Crippen LogP contribution in [0.1, 0.15) is 63.7 Å². The molecule has 1 saturated heterocycles. The number of aliphatic hydroxyl groups excluding tert-OH is 1. The van der Waals surface area contributed by atoms with Gasteiger partial charge in [-0.3, -0.25) is 4.79 Å². The fraction of sp³-hybridized carbons (Fsp3) is 0.667. The van der Waals surface area contributed by atoms with Gasteiger partial charge < -0.3 is 10.0 Å². The van der Waals surface area contributed by atoms with Crippen molar-refractivity contribution in [2.45, 2.75) is 77.4 Å². The molecule has 0 aromatic carbocycles. The first-order chi connectivity index (χ1) is 12.1. The summed E-state index contributed by atoms with van der Waals surface area (Å²) in [5.41, 5.74) is 0. The van der Waals surface area contributed by atoms with E-state index >= 15 is 0 Å². The maximum Gasteiger partial charge on any atom is 0.222 e. The van der Waals surface area contributed by atoms with Crippen molar-refractivity contribution in [1.82, 2.24) is 4.90 Å². The predicted octanol–water partition coefficient (Wildman–Crippen LogP) is 4.25. The van der Waals surface area contributed by atoms with Crippen LogP contribution in [0.2, 0.25) is 0 Å². The second kappa shape index (κ2) is 10.6. The number of carbonyl (C=O) groups excluding carboxylic acids is 1. The van der Waals surface area contributed by atoms with E-state index in [1.54, 1.807) is 11.3 Å². The lowest BCUT2D eigenvalue weighted by Gasteiger charge is -2.26. The van der Waals surface area contributed by atoms with Crippen molar-refractivity contribution in [1.29, 1.82) is 0 Å². The Morgan fingerprint density at radius 3 is 3.00 bits per heavy atom. The van der Waals surface area contributed by atoms with E-state index < -0.39 is 0 Å². The van der Waals surface area contributed by atoms with Gasteiger partial charge in [-0.15, -0.1) is 23.2 Å². The molecule has 1 aromatic heterocycles. The van der Waals surface area contributed by atoms with Gasteiger partial charge in [0.05, 0.1) is 6.10 Å². The smallest absolute Gasteiger partial charge is 0.222 e. The fourth-order valence-electron chi connectivity index (χ4n) is 3.42. The zero-order chi connectivity index (χ0) is 18.1. The van der Waals surface area contributed by atoms with Gasteiger partial charge >= 0.3 is 0 Å². The quantitative estimate of drug-likeness (QED) is 0.668. The van der Waals surface area contributed by atoms with E-state index in [1.807, 2.05) is 6.92 Å². The summed E-state index contributed by atoms with van der Waals surface area (Å²) < 4.78 is 0. The number of aryl methyl sites for hydroxylation is 1. The second-order valence-electron chi connectivity index (χ2n) is 7.00. The molecule has 1 aliphatic heterocycles. The molecule has 0 bridgehead atoms. The van der Waals surface area contributed by atoms with Gasteiger partial charge in [0.2, 0.25) is 5.91 Å². The van der Waals surface area contributed by atoms with Crippen LogP contribution in [-0.2, 0) is 11.2 Å². The van der Waals surface area contributed by atoms with Crippen LogP contribution in [0.3, 0.4) is 0 Å². The fourth-order valence-corrected chi connectivity index (χ4v) is 4.17. The van der Waals surface area contributed by atoms with Crippen molar-refractivity contribution in [2.75, 3.05) is 6.54 Å². The molecule has 25 heavy (non-hydrogen) atoms. The molecule has 1 aromatic rings. The molecule has 0 radical (unpaired) electrons. The molecule has 1 N–H and O–H groups in total. The number of amides is 1. The number of thiophene rings is 1. The first kappa shape index (κ1) is 20.0. The average Bonchev–Trinajstić information content (AvgIpc) is 3.24. The van der Waals surface area contributed by atoms with Crippen LogP contribution in [0.25, 0.3) is 0 Å². The van der Waals surface area contributed by atoms with Gasteiger partial charge in [0.25, 0.3) is 0 Å². The summed E-state index contributed by atoms with van der Waals surface area (Å²) >= 11 is 1.78. The van der Waals surface area contributed by atoms with Gasteiger partial charge in [-0.1, -0.05) is 19.9 Å². The Morgan fingerprint density at radius 1 is 1.44 bits per heavy atom. The van der Waals surface area contributed by atoms with Crippen LogP contribution in [0.15, 0.2) is 17.5 Å². The molecule has 0 saturated carbocycles. The van der Waals surface area contributed by atoms with Crippen molar-refractivity contribution in [3.8, 4) is 11.8 Å². The highest BCUT2D eigenvalue weighted by atomic mass is 32.1. The molecular formula is C21H31NO2S. The van der Waals surface area contributed by atoms with Gasteiger partial charge in [-0.2, -0.15) is 0 Å². The highest BCUT2D eigenvalue weighted by Gasteiger charge is 2.30. The Morgan fingerprint density at radius 2 is 2.28 bits per heavy atom. The summed E-state index contributed by atoms with van der Waals surface area (Å²) in [5.74, 6) is 6.68. The van der Waals surface area contributed by atoms with E-state index in [1.165, 1.54) is 4.88 Å². The largest absolute Gasteiger partial charge is 0.393 e. The molecule has 1 aliphatic rings. The summed E-state index contributed by atoms with van der Waals surface area (Å²) in [7, 11) is 0. The van der Waals surface area contributed by atoms with Crippen molar-refractivity contribution in [3.05, 3.63) is 22.4 Å². The Balaban J connectivity index is 1.74. The molecule has 0 spiro atoms. The van der Waals surface area contributed by atoms with Crippen molar-refractivity contribution < 1.29 is 9.90 Å². The van der Waals surface area contributed by atoms with Crippen LogP contribution in [0, 0.1) is 17.8 Å². The Labute approximate surface area is 156 Å². The van der Waals surface area contributed by atoms with E-state index in [0.717, 1.165) is 51.5 Å². The van der Waals surface area contributed by atoms with Gasteiger partial charge in [0.1, 0.15) is 0 Å². The number of nitrogens with zero attached hydrogens (tertiary/aromatic N) is 1. The third-order valence-electron chi connectivity index (χ3n) is 5.03. The number of aliphatic hydroxyl groups is 1. The van der Waals surface area contributed by atoms with E-state index in [9.17, 15) is 9.90 Å². The number of hydrogen-bond acceptors (Lipinski definition) is 3. The van der Waals surface area contributed by atoms with E-state index in [0.29, 0.717) is 12.5 Å². The lowest BCUT2D eigenvalue weighted by atomic mass is 9.95. The van der Waals surface area contributed by atoms with Crippen LogP contribution in [-0.4, -0.2) is 34.6 Å². The maximum absolute atomic E-state index is 12.2. The summed E-state index contributed by atoms with van der Waals surface area (Å²) in [6, 6.07) is 4.55. The number of hydrogen-bond donors (Lipinski definition) is 1. The average molecular weight is 362 g/mol. The monoisotopic (exact) mass is 361 g/mol. The molecule has 0 aliphatic carbocycles. The van der Waals surface area contributed by atoms with Crippen LogP contribution < -0.4 is 0 Å². The standard InChI is InChI=1S/C21H31NO2S/c1-3-4-5-8-17(2)20(23)13-11-18-12-14-21(24)22(18)15-6-9-19-10-7-16-25-19/h7,10,16-18,20,23H,3,6,8-9,11-15H2,1-2H3/t17-,18+,20-/m1/s1. The first-order valence-electron chi connectivity index (χ1n) is 9.57. The molecular weight excluding hydrogens is 330 g/mol. The lowest BCUT2D eigenvalue weighted by Crippen LogP contribution is -2.35. The van der Waals surface area contributed by atoms with Gasteiger partial charge in [0, 0.05) is 36.7 Å².